The van der Waals surface area contributed by atoms with Crippen molar-refractivity contribution in [3.8, 4) is 0 Å². The molecule has 1 aliphatic rings. The molecule has 0 saturated carbocycles. The van der Waals surface area contributed by atoms with Gasteiger partial charge in [0, 0.05) is 12.1 Å². The Hall–Kier alpha value is -2.34. The van der Waals surface area contributed by atoms with Gasteiger partial charge in [-0.25, -0.2) is 0 Å². The summed E-state index contributed by atoms with van der Waals surface area (Å²) in [5.74, 6) is -0.699. The first-order chi connectivity index (χ1) is 9.65. The average Bonchev–Trinajstić information content (AvgIpc) is 3.03. The van der Waals surface area contributed by atoms with E-state index in [9.17, 15) is 9.59 Å². The lowest BCUT2D eigenvalue weighted by atomic mass is 10.1. The molecule has 0 fully saturated rings. The second-order valence-corrected chi connectivity index (χ2v) is 5.49. The molecular formula is C14H13N3O2S. The minimum Gasteiger partial charge on any atom is -0.373 e. The van der Waals surface area contributed by atoms with Crippen LogP contribution in [0.3, 0.4) is 0 Å². The number of nitrogens with one attached hydrogen (secondary N) is 2. The third kappa shape index (κ3) is 2.25. The molecule has 5 nitrogen and oxygen atoms in total. The highest BCUT2D eigenvalue weighted by atomic mass is 32.1. The van der Waals surface area contributed by atoms with Gasteiger partial charge in [-0.3, -0.25) is 9.59 Å². The molecule has 2 amide bonds. The van der Waals surface area contributed by atoms with Crippen LogP contribution in [0.15, 0.2) is 35.7 Å². The van der Waals surface area contributed by atoms with Crippen molar-refractivity contribution >= 4 is 33.8 Å². The molecule has 0 saturated heterocycles. The molecule has 20 heavy (non-hydrogen) atoms. The zero-order valence-corrected chi connectivity index (χ0v) is 11.4. The molecule has 1 unspecified atom stereocenters. The summed E-state index contributed by atoms with van der Waals surface area (Å²) in [5, 5.41) is 8.17. The van der Waals surface area contributed by atoms with E-state index in [-0.39, 0.29) is 11.9 Å². The van der Waals surface area contributed by atoms with Crippen LogP contribution in [-0.4, -0.2) is 17.9 Å². The van der Waals surface area contributed by atoms with E-state index < -0.39 is 5.91 Å². The van der Waals surface area contributed by atoms with Gasteiger partial charge in [-0.1, -0.05) is 18.2 Å². The largest absolute Gasteiger partial charge is 0.373 e. The minimum atomic E-state index is -0.538. The zero-order chi connectivity index (χ0) is 14.1. The van der Waals surface area contributed by atoms with Gasteiger partial charge < -0.3 is 16.4 Å². The molecule has 6 heteroatoms. The van der Waals surface area contributed by atoms with E-state index in [1.165, 1.54) is 11.3 Å². The summed E-state index contributed by atoms with van der Waals surface area (Å²) in [6.45, 7) is 0. The Labute approximate surface area is 119 Å². The van der Waals surface area contributed by atoms with E-state index in [1.807, 2.05) is 24.3 Å². The SMILES string of the molecule is NC(=O)c1ccsc1NC(=O)C1Cc2ccccc2N1. The molecular weight excluding hydrogens is 274 g/mol. The number of rotatable bonds is 3. The van der Waals surface area contributed by atoms with Gasteiger partial charge in [0.05, 0.1) is 5.56 Å². The van der Waals surface area contributed by atoms with Gasteiger partial charge in [0.2, 0.25) is 5.91 Å². The number of benzene rings is 1. The Morgan fingerprint density at radius 1 is 1.30 bits per heavy atom. The molecule has 0 aliphatic carbocycles. The first kappa shape index (κ1) is 12.7. The van der Waals surface area contributed by atoms with Crippen LogP contribution in [0.4, 0.5) is 10.7 Å². The number of carbonyl (C=O) groups is 2. The third-order valence-corrected chi connectivity index (χ3v) is 4.08. The number of anilines is 2. The van der Waals surface area contributed by atoms with E-state index in [2.05, 4.69) is 10.6 Å². The number of amides is 2. The molecule has 4 N–H and O–H groups in total. The molecule has 102 valence electrons. The molecule has 2 heterocycles. The van der Waals surface area contributed by atoms with Crippen LogP contribution in [0.25, 0.3) is 0 Å². The van der Waals surface area contributed by atoms with Crippen molar-refractivity contribution in [1.82, 2.24) is 0 Å². The normalized spacial score (nSPS) is 16.3. The fraction of sp³-hybridized carbons (Fsp3) is 0.143. The predicted octanol–water partition coefficient (Wildman–Crippen LogP) is 1.82. The second-order valence-electron chi connectivity index (χ2n) is 4.58. The van der Waals surface area contributed by atoms with E-state index in [0.717, 1.165) is 11.3 Å². The molecule has 1 aromatic heterocycles. The molecule has 1 aliphatic heterocycles. The Balaban J connectivity index is 1.73. The van der Waals surface area contributed by atoms with Crippen molar-refractivity contribution in [3.63, 3.8) is 0 Å². The van der Waals surface area contributed by atoms with Crippen molar-refractivity contribution in [3.05, 3.63) is 46.8 Å². The number of primary amides is 1. The first-order valence-corrected chi connectivity index (χ1v) is 7.05. The topological polar surface area (TPSA) is 84.2 Å². The Bertz CT molecular complexity index is 656. The lowest BCUT2D eigenvalue weighted by Gasteiger charge is -2.11. The molecule has 3 rings (SSSR count). The molecule has 0 radical (unpaired) electrons. The van der Waals surface area contributed by atoms with Gasteiger partial charge >= 0.3 is 0 Å². The number of fused-ring (bicyclic) bond motifs is 1. The lowest BCUT2D eigenvalue weighted by Crippen LogP contribution is -2.33. The maximum atomic E-state index is 12.2. The van der Waals surface area contributed by atoms with Crippen LogP contribution in [0.1, 0.15) is 15.9 Å². The molecule has 0 bridgehead atoms. The van der Waals surface area contributed by atoms with Crippen molar-refractivity contribution in [2.75, 3.05) is 10.6 Å². The molecule has 1 aromatic carbocycles. The van der Waals surface area contributed by atoms with Crippen LogP contribution in [0.2, 0.25) is 0 Å². The van der Waals surface area contributed by atoms with E-state index in [0.29, 0.717) is 17.0 Å². The fourth-order valence-electron chi connectivity index (χ4n) is 2.26. The summed E-state index contributed by atoms with van der Waals surface area (Å²) in [6.07, 6.45) is 0.638. The second kappa shape index (κ2) is 4.97. The zero-order valence-electron chi connectivity index (χ0n) is 10.6. The van der Waals surface area contributed by atoms with Crippen molar-refractivity contribution in [2.45, 2.75) is 12.5 Å². The minimum absolute atomic E-state index is 0.161. The monoisotopic (exact) mass is 287 g/mol. The van der Waals surface area contributed by atoms with E-state index >= 15 is 0 Å². The number of thiophene rings is 1. The Morgan fingerprint density at radius 3 is 2.85 bits per heavy atom. The summed E-state index contributed by atoms with van der Waals surface area (Å²) in [6, 6.07) is 9.11. The van der Waals surface area contributed by atoms with E-state index in [1.54, 1.807) is 11.4 Å². The number of hydrogen-bond donors (Lipinski definition) is 3. The Kier molecular flexibility index (Phi) is 3.15. The van der Waals surface area contributed by atoms with Crippen LogP contribution in [-0.2, 0) is 11.2 Å². The highest BCUT2D eigenvalue weighted by Gasteiger charge is 2.27. The van der Waals surface area contributed by atoms with Gasteiger partial charge in [0.25, 0.3) is 5.91 Å². The summed E-state index contributed by atoms with van der Waals surface area (Å²) < 4.78 is 0. The van der Waals surface area contributed by atoms with Gasteiger partial charge in [0.15, 0.2) is 0 Å². The molecule has 2 aromatic rings. The smallest absolute Gasteiger partial charge is 0.251 e. The van der Waals surface area contributed by atoms with Crippen LogP contribution in [0, 0.1) is 0 Å². The number of nitrogens with two attached hydrogens (primary N) is 1. The third-order valence-electron chi connectivity index (χ3n) is 3.26. The summed E-state index contributed by atoms with van der Waals surface area (Å²) >= 11 is 1.29. The van der Waals surface area contributed by atoms with E-state index in [4.69, 9.17) is 5.73 Å². The number of para-hydroxylation sites is 1. The van der Waals surface area contributed by atoms with Gasteiger partial charge in [-0.05, 0) is 23.1 Å². The van der Waals surface area contributed by atoms with Gasteiger partial charge in [-0.2, -0.15) is 0 Å². The standard InChI is InChI=1S/C14H13N3O2S/c15-12(18)9-5-6-20-14(9)17-13(19)11-7-8-3-1-2-4-10(8)16-11/h1-6,11,16H,7H2,(H2,15,18)(H,17,19). The summed E-state index contributed by atoms with van der Waals surface area (Å²) in [7, 11) is 0. The number of hydrogen-bond acceptors (Lipinski definition) is 4. The average molecular weight is 287 g/mol. The van der Waals surface area contributed by atoms with Crippen LogP contribution in [0.5, 0.6) is 0 Å². The van der Waals surface area contributed by atoms with Crippen molar-refractivity contribution in [1.29, 1.82) is 0 Å². The molecule has 0 spiro atoms. The Morgan fingerprint density at radius 2 is 2.10 bits per heavy atom. The predicted molar refractivity (Wildman–Crippen MR) is 79.0 cm³/mol. The maximum absolute atomic E-state index is 12.2. The fourth-order valence-corrected chi connectivity index (χ4v) is 3.05. The van der Waals surface area contributed by atoms with Crippen LogP contribution < -0.4 is 16.4 Å². The van der Waals surface area contributed by atoms with Gasteiger partial charge in [0.1, 0.15) is 11.0 Å². The first-order valence-electron chi connectivity index (χ1n) is 6.18. The maximum Gasteiger partial charge on any atom is 0.251 e. The van der Waals surface area contributed by atoms with Crippen molar-refractivity contribution in [2.24, 2.45) is 5.73 Å². The van der Waals surface area contributed by atoms with Crippen molar-refractivity contribution < 1.29 is 9.59 Å². The quantitative estimate of drug-likeness (QED) is 0.805. The molecule has 1 atom stereocenters. The van der Waals surface area contributed by atoms with Crippen LogP contribution >= 0.6 is 11.3 Å². The lowest BCUT2D eigenvalue weighted by molar-refractivity contribution is -0.116. The summed E-state index contributed by atoms with van der Waals surface area (Å²) in [4.78, 5) is 23.5. The highest BCUT2D eigenvalue weighted by Crippen LogP contribution is 2.27. The number of carbonyl (C=O) groups excluding carboxylic acids is 2. The van der Waals surface area contributed by atoms with Gasteiger partial charge in [-0.15, -0.1) is 11.3 Å². The highest BCUT2D eigenvalue weighted by molar-refractivity contribution is 7.14. The summed E-state index contributed by atoms with van der Waals surface area (Å²) in [5.41, 5.74) is 7.70.